The average Bonchev–Trinajstić information content (AvgIpc) is 3.24. The molecule has 2 atom stereocenters. The van der Waals surface area contributed by atoms with E-state index in [4.69, 9.17) is 10.5 Å². The summed E-state index contributed by atoms with van der Waals surface area (Å²) in [6, 6.07) is 10.8. The first-order chi connectivity index (χ1) is 15.2. The number of primary amides is 1. The second-order valence-corrected chi connectivity index (χ2v) is 9.37. The van der Waals surface area contributed by atoms with E-state index in [0.717, 1.165) is 49.2 Å². The summed E-state index contributed by atoms with van der Waals surface area (Å²) in [5.74, 6) is -0.850. The Morgan fingerprint density at radius 1 is 1.25 bits per heavy atom. The van der Waals surface area contributed by atoms with E-state index >= 15 is 0 Å². The highest BCUT2D eigenvalue weighted by molar-refractivity contribution is 7.98. The molecule has 2 saturated heterocycles. The Hall–Kier alpha value is -2.19. The van der Waals surface area contributed by atoms with Crippen LogP contribution in [0.2, 0.25) is 0 Å². The van der Waals surface area contributed by atoms with Crippen molar-refractivity contribution in [2.24, 2.45) is 5.73 Å². The van der Waals surface area contributed by atoms with Crippen LogP contribution < -0.4 is 10.5 Å². The van der Waals surface area contributed by atoms with Crippen molar-refractivity contribution in [2.75, 3.05) is 26.5 Å². The van der Waals surface area contributed by atoms with Gasteiger partial charge in [-0.1, -0.05) is 30.3 Å². The lowest BCUT2D eigenvalue weighted by Gasteiger charge is -2.47. The molecule has 2 aromatic carbocycles. The van der Waals surface area contributed by atoms with Gasteiger partial charge in [-0.3, -0.25) is 9.69 Å². The molecule has 0 aromatic heterocycles. The van der Waals surface area contributed by atoms with Gasteiger partial charge in [-0.15, -0.1) is 11.8 Å². The molecule has 0 aliphatic carbocycles. The molecule has 0 spiro atoms. The zero-order valence-electron chi connectivity index (χ0n) is 18.2. The van der Waals surface area contributed by atoms with Gasteiger partial charge in [0.1, 0.15) is 5.75 Å². The Bertz CT molecular complexity index is 1010. The maximum Gasteiger partial charge on any atom is 0.416 e. The molecule has 2 heterocycles. The number of nitrogens with two attached hydrogens (primary N) is 1. The standard InChI is InChI=1S/C24H27F3N2O2S/c1-31-21-19(22(28)30)18(32-2)13-17(24(25,26)27)20(21)23(15-7-4-3-5-8-15)11-10-16-9-6-12-29(16)14-23/h3-5,7-8,13,16H,6,9-12,14H2,1-2H3,(H2,28,30). The SMILES string of the molecule is COc1c(C(N)=O)c(SC)cc(C(F)(F)F)c1C1(c2ccccc2)CCC2CCCN2C1. The number of carbonyl (C=O) groups is 1. The van der Waals surface area contributed by atoms with Gasteiger partial charge < -0.3 is 10.5 Å². The van der Waals surface area contributed by atoms with Gasteiger partial charge in [0.05, 0.1) is 18.2 Å². The molecular weight excluding hydrogens is 437 g/mol. The lowest BCUT2D eigenvalue weighted by Crippen LogP contribution is -2.50. The molecule has 8 heteroatoms. The number of rotatable bonds is 5. The van der Waals surface area contributed by atoms with E-state index in [0.29, 0.717) is 19.0 Å². The van der Waals surface area contributed by atoms with Gasteiger partial charge in [0.2, 0.25) is 0 Å². The molecule has 0 saturated carbocycles. The molecular formula is C24H27F3N2O2S. The number of hydrogen-bond donors (Lipinski definition) is 1. The predicted molar refractivity (Wildman–Crippen MR) is 119 cm³/mol. The van der Waals surface area contributed by atoms with Gasteiger partial charge in [-0.25, -0.2) is 0 Å². The van der Waals surface area contributed by atoms with Crippen molar-refractivity contribution in [1.29, 1.82) is 0 Å². The van der Waals surface area contributed by atoms with Crippen molar-refractivity contribution >= 4 is 17.7 Å². The molecule has 0 radical (unpaired) electrons. The van der Waals surface area contributed by atoms with Crippen LogP contribution in [0.3, 0.4) is 0 Å². The van der Waals surface area contributed by atoms with Gasteiger partial charge in [-0.05, 0) is 50.1 Å². The number of thioether (sulfide) groups is 1. The van der Waals surface area contributed by atoms with Crippen LogP contribution in [0.4, 0.5) is 13.2 Å². The number of amides is 1. The molecule has 172 valence electrons. The molecule has 2 aliphatic heterocycles. The lowest BCUT2D eigenvalue weighted by atomic mass is 9.66. The Kier molecular flexibility index (Phi) is 6.20. The first-order valence-electron chi connectivity index (χ1n) is 10.7. The number of ether oxygens (including phenoxy) is 1. The summed E-state index contributed by atoms with van der Waals surface area (Å²) < 4.78 is 49.2. The predicted octanol–water partition coefficient (Wildman–Crippen LogP) is 5.08. The minimum absolute atomic E-state index is 0.0156. The highest BCUT2D eigenvalue weighted by atomic mass is 32.2. The minimum atomic E-state index is -4.62. The number of methoxy groups -OCH3 is 1. The Morgan fingerprint density at radius 2 is 1.97 bits per heavy atom. The van der Waals surface area contributed by atoms with Crippen molar-refractivity contribution < 1.29 is 22.7 Å². The molecule has 32 heavy (non-hydrogen) atoms. The van der Waals surface area contributed by atoms with Crippen LogP contribution in [0.1, 0.15) is 52.7 Å². The van der Waals surface area contributed by atoms with Crippen LogP contribution in [0, 0.1) is 0 Å². The molecule has 2 unspecified atom stereocenters. The fraction of sp³-hybridized carbons (Fsp3) is 0.458. The van der Waals surface area contributed by atoms with Crippen molar-refractivity contribution in [3.63, 3.8) is 0 Å². The molecule has 1 amide bonds. The van der Waals surface area contributed by atoms with Gasteiger partial charge in [0, 0.05) is 28.5 Å². The Balaban J connectivity index is 2.09. The molecule has 2 N–H and O–H groups in total. The molecule has 2 fully saturated rings. The van der Waals surface area contributed by atoms with Gasteiger partial charge in [-0.2, -0.15) is 13.2 Å². The van der Waals surface area contributed by atoms with E-state index in [1.165, 1.54) is 7.11 Å². The Labute approximate surface area is 190 Å². The van der Waals surface area contributed by atoms with Crippen LogP contribution in [0.5, 0.6) is 5.75 Å². The maximum absolute atomic E-state index is 14.5. The average molecular weight is 465 g/mol. The normalized spacial score (nSPS) is 23.7. The third-order valence-corrected chi connectivity index (χ3v) is 7.66. The highest BCUT2D eigenvalue weighted by Gasteiger charge is 2.50. The van der Waals surface area contributed by atoms with Crippen LogP contribution in [0.15, 0.2) is 41.3 Å². The van der Waals surface area contributed by atoms with Crippen molar-refractivity contribution in [1.82, 2.24) is 4.90 Å². The number of benzene rings is 2. The van der Waals surface area contributed by atoms with E-state index in [9.17, 15) is 18.0 Å². The summed E-state index contributed by atoms with van der Waals surface area (Å²) in [5, 5.41) is 0. The number of hydrogen-bond acceptors (Lipinski definition) is 4. The first-order valence-corrected chi connectivity index (χ1v) is 11.9. The van der Waals surface area contributed by atoms with Gasteiger partial charge in [0.15, 0.2) is 0 Å². The third-order valence-electron chi connectivity index (χ3n) is 6.90. The quantitative estimate of drug-likeness (QED) is 0.627. The topological polar surface area (TPSA) is 55.6 Å². The summed E-state index contributed by atoms with van der Waals surface area (Å²) in [6.07, 6.45) is 0.430. The van der Waals surface area contributed by atoms with Gasteiger partial charge >= 0.3 is 6.18 Å². The van der Waals surface area contributed by atoms with Crippen molar-refractivity contribution in [3.8, 4) is 5.75 Å². The summed E-state index contributed by atoms with van der Waals surface area (Å²) in [6.45, 7) is 1.30. The van der Waals surface area contributed by atoms with Crippen LogP contribution in [-0.2, 0) is 11.6 Å². The number of piperidine rings is 1. The summed E-state index contributed by atoms with van der Waals surface area (Å²) >= 11 is 1.06. The second-order valence-electron chi connectivity index (χ2n) is 8.52. The summed E-state index contributed by atoms with van der Waals surface area (Å²) in [7, 11) is 1.32. The largest absolute Gasteiger partial charge is 0.496 e. The molecule has 2 aliphatic rings. The van der Waals surface area contributed by atoms with E-state index in [1.54, 1.807) is 6.26 Å². The van der Waals surface area contributed by atoms with E-state index in [-0.39, 0.29) is 21.8 Å². The monoisotopic (exact) mass is 464 g/mol. The first kappa shape index (κ1) is 23.0. The van der Waals surface area contributed by atoms with E-state index < -0.39 is 23.1 Å². The Morgan fingerprint density at radius 3 is 2.56 bits per heavy atom. The number of nitrogens with zero attached hydrogens (tertiary/aromatic N) is 1. The molecule has 2 aromatic rings. The van der Waals surface area contributed by atoms with Crippen molar-refractivity contribution in [2.45, 2.75) is 48.2 Å². The molecule has 4 nitrogen and oxygen atoms in total. The molecule has 0 bridgehead atoms. The number of halogens is 3. The summed E-state index contributed by atoms with van der Waals surface area (Å²) in [4.78, 5) is 14.9. The second kappa shape index (κ2) is 8.63. The van der Waals surface area contributed by atoms with Crippen LogP contribution in [-0.4, -0.2) is 43.3 Å². The van der Waals surface area contributed by atoms with Crippen LogP contribution >= 0.6 is 11.8 Å². The zero-order valence-corrected chi connectivity index (χ0v) is 19.0. The third kappa shape index (κ3) is 3.77. The summed E-state index contributed by atoms with van der Waals surface area (Å²) in [5.41, 5.74) is 4.77. The maximum atomic E-state index is 14.5. The molecule has 4 rings (SSSR count). The smallest absolute Gasteiger partial charge is 0.416 e. The number of fused-ring (bicyclic) bond motifs is 1. The fourth-order valence-electron chi connectivity index (χ4n) is 5.54. The number of carbonyl (C=O) groups excluding carboxylic acids is 1. The lowest BCUT2D eigenvalue weighted by molar-refractivity contribution is -0.139. The zero-order chi connectivity index (χ0) is 23.1. The fourth-order valence-corrected chi connectivity index (χ4v) is 6.18. The minimum Gasteiger partial charge on any atom is -0.496 e. The van der Waals surface area contributed by atoms with E-state index in [2.05, 4.69) is 4.90 Å². The van der Waals surface area contributed by atoms with E-state index in [1.807, 2.05) is 30.3 Å². The van der Waals surface area contributed by atoms with Gasteiger partial charge in [0.25, 0.3) is 5.91 Å². The highest BCUT2D eigenvalue weighted by Crippen LogP contribution is 2.53. The van der Waals surface area contributed by atoms with Crippen molar-refractivity contribution in [3.05, 3.63) is 58.7 Å². The van der Waals surface area contributed by atoms with Crippen LogP contribution in [0.25, 0.3) is 0 Å². The number of alkyl halides is 3.